The molecule has 1 heterocycles. The van der Waals surface area contributed by atoms with Crippen LogP contribution in [-0.2, 0) is 10.3 Å². The van der Waals surface area contributed by atoms with Crippen molar-refractivity contribution in [3.05, 3.63) is 36.0 Å². The molecule has 0 bridgehead atoms. The topological polar surface area (TPSA) is 77.2 Å². The van der Waals surface area contributed by atoms with E-state index >= 15 is 0 Å². The largest absolute Gasteiger partial charge is 0.494 e. The number of hydrogen-bond acceptors (Lipinski definition) is 6. The molecule has 0 unspecified atom stereocenters. The number of nitrogens with zero attached hydrogens (tertiary/aromatic N) is 2. The summed E-state index contributed by atoms with van der Waals surface area (Å²) in [5.74, 6) is 2.31. The van der Waals surface area contributed by atoms with Crippen LogP contribution < -0.4 is 10.1 Å². The minimum absolute atomic E-state index is 0.0109. The van der Waals surface area contributed by atoms with Gasteiger partial charge in [-0.25, -0.2) is 0 Å². The second kappa shape index (κ2) is 7.91. The molecule has 1 amide bonds. The van der Waals surface area contributed by atoms with Crippen LogP contribution >= 0.6 is 11.8 Å². The van der Waals surface area contributed by atoms with Crippen LogP contribution in [0.4, 0.5) is 0 Å². The highest BCUT2D eigenvalue weighted by Crippen LogP contribution is 2.37. The molecule has 0 radical (unpaired) electrons. The van der Waals surface area contributed by atoms with Crippen molar-refractivity contribution in [3.63, 3.8) is 0 Å². The van der Waals surface area contributed by atoms with Gasteiger partial charge < -0.3 is 14.6 Å². The molecule has 25 heavy (non-hydrogen) atoms. The molecule has 7 heteroatoms. The van der Waals surface area contributed by atoms with Crippen molar-refractivity contribution < 1.29 is 14.1 Å². The minimum Gasteiger partial charge on any atom is -0.494 e. The van der Waals surface area contributed by atoms with Crippen LogP contribution in [-0.4, -0.2) is 28.4 Å². The smallest absolute Gasteiger partial charge is 0.231 e. The molecule has 1 aromatic heterocycles. The Hall–Kier alpha value is -2.02. The number of thioether (sulfide) groups is 1. The van der Waals surface area contributed by atoms with Crippen molar-refractivity contribution in [3.8, 4) is 5.75 Å². The summed E-state index contributed by atoms with van der Waals surface area (Å²) >= 11 is 1.51. The highest BCUT2D eigenvalue weighted by Gasteiger charge is 2.41. The first-order valence-electron chi connectivity index (χ1n) is 8.59. The molecule has 134 valence electrons. The van der Waals surface area contributed by atoms with Gasteiger partial charge in [-0.1, -0.05) is 18.0 Å². The lowest BCUT2D eigenvalue weighted by molar-refractivity contribution is -0.120. The predicted octanol–water partition coefficient (Wildman–Crippen LogP) is 3.45. The quantitative estimate of drug-likeness (QED) is 0.761. The van der Waals surface area contributed by atoms with E-state index in [9.17, 15) is 4.79 Å². The number of benzene rings is 1. The fourth-order valence-corrected chi connectivity index (χ4v) is 3.83. The van der Waals surface area contributed by atoms with Crippen molar-refractivity contribution in [1.82, 2.24) is 15.5 Å². The highest BCUT2D eigenvalue weighted by atomic mass is 32.2. The van der Waals surface area contributed by atoms with Crippen molar-refractivity contribution in [2.24, 2.45) is 0 Å². The van der Waals surface area contributed by atoms with Gasteiger partial charge in [0.25, 0.3) is 0 Å². The molecular weight excluding hydrogens is 338 g/mol. The van der Waals surface area contributed by atoms with E-state index in [2.05, 4.69) is 15.5 Å². The van der Waals surface area contributed by atoms with Gasteiger partial charge in [0.05, 0.1) is 12.4 Å². The predicted molar refractivity (Wildman–Crippen MR) is 95.7 cm³/mol. The van der Waals surface area contributed by atoms with E-state index in [1.807, 2.05) is 31.2 Å². The zero-order valence-corrected chi connectivity index (χ0v) is 15.4. The summed E-state index contributed by atoms with van der Waals surface area (Å²) in [7, 11) is 0. The van der Waals surface area contributed by atoms with E-state index in [1.165, 1.54) is 11.8 Å². The highest BCUT2D eigenvalue weighted by molar-refractivity contribution is 8.00. The third-order valence-corrected chi connectivity index (χ3v) is 5.31. The van der Waals surface area contributed by atoms with Crippen molar-refractivity contribution in [1.29, 1.82) is 0 Å². The molecule has 0 saturated heterocycles. The van der Waals surface area contributed by atoms with E-state index in [-0.39, 0.29) is 5.91 Å². The van der Waals surface area contributed by atoms with E-state index in [4.69, 9.17) is 9.26 Å². The molecule has 1 saturated carbocycles. The molecule has 1 aromatic carbocycles. The standard InChI is InChI=1S/C18H23N3O3S/c1-3-23-14-6-8-15(9-7-14)25-12-16(22)20-18(10-4-5-11-18)17-19-13(2)24-21-17/h6-9H,3-5,10-12H2,1-2H3,(H,20,22). The number of amides is 1. The fourth-order valence-electron chi connectivity index (χ4n) is 3.13. The van der Waals surface area contributed by atoms with Crippen LogP contribution in [0.25, 0.3) is 0 Å². The molecule has 6 nitrogen and oxygen atoms in total. The number of ether oxygens (including phenoxy) is 1. The second-order valence-electron chi connectivity index (χ2n) is 6.17. The Labute approximate surface area is 151 Å². The van der Waals surface area contributed by atoms with E-state index in [1.54, 1.807) is 6.92 Å². The molecule has 1 aliphatic rings. The normalized spacial score (nSPS) is 15.9. The molecule has 2 aromatic rings. The summed E-state index contributed by atoms with van der Waals surface area (Å²) in [5.41, 5.74) is -0.478. The van der Waals surface area contributed by atoms with Gasteiger partial charge in [0.1, 0.15) is 11.3 Å². The second-order valence-corrected chi connectivity index (χ2v) is 7.22. The number of rotatable bonds is 7. The Bertz CT molecular complexity index is 709. The van der Waals surface area contributed by atoms with Gasteiger partial charge in [0.2, 0.25) is 11.8 Å². The SMILES string of the molecule is CCOc1ccc(SCC(=O)NC2(c3noc(C)n3)CCCC2)cc1. The Kier molecular flexibility index (Phi) is 5.63. The first-order valence-corrected chi connectivity index (χ1v) is 9.57. The minimum atomic E-state index is -0.478. The van der Waals surface area contributed by atoms with Crippen LogP contribution in [0.5, 0.6) is 5.75 Å². The van der Waals surface area contributed by atoms with Crippen LogP contribution in [0.2, 0.25) is 0 Å². The molecule has 0 aliphatic heterocycles. The monoisotopic (exact) mass is 361 g/mol. The van der Waals surface area contributed by atoms with Gasteiger partial charge in [0.15, 0.2) is 5.82 Å². The molecular formula is C18H23N3O3S. The van der Waals surface area contributed by atoms with Crippen molar-refractivity contribution in [2.75, 3.05) is 12.4 Å². The van der Waals surface area contributed by atoms with Gasteiger partial charge in [-0.05, 0) is 44.0 Å². The van der Waals surface area contributed by atoms with Crippen molar-refractivity contribution in [2.45, 2.75) is 50.0 Å². The Morgan fingerprint density at radius 3 is 2.64 bits per heavy atom. The number of carbonyl (C=O) groups is 1. The van der Waals surface area contributed by atoms with Crippen LogP contribution in [0.1, 0.15) is 44.3 Å². The molecule has 0 atom stereocenters. The summed E-state index contributed by atoms with van der Waals surface area (Å²) in [6.07, 6.45) is 3.82. The average molecular weight is 361 g/mol. The molecule has 1 N–H and O–H groups in total. The van der Waals surface area contributed by atoms with Crippen LogP contribution in [0.15, 0.2) is 33.7 Å². The summed E-state index contributed by atoms with van der Waals surface area (Å²) in [5, 5.41) is 7.20. The molecule has 1 aliphatic carbocycles. The number of nitrogens with one attached hydrogen (secondary N) is 1. The van der Waals surface area contributed by atoms with Gasteiger partial charge in [-0.3, -0.25) is 4.79 Å². The van der Waals surface area contributed by atoms with E-state index < -0.39 is 5.54 Å². The molecule has 1 fully saturated rings. The zero-order valence-electron chi connectivity index (χ0n) is 14.6. The van der Waals surface area contributed by atoms with E-state index in [0.717, 1.165) is 36.3 Å². The maximum Gasteiger partial charge on any atom is 0.231 e. The number of hydrogen-bond donors (Lipinski definition) is 1. The summed E-state index contributed by atoms with van der Waals surface area (Å²) in [4.78, 5) is 17.9. The Balaban J connectivity index is 1.59. The Morgan fingerprint density at radius 2 is 2.04 bits per heavy atom. The summed E-state index contributed by atoms with van der Waals surface area (Å²) < 4.78 is 10.5. The molecule has 0 spiro atoms. The fraction of sp³-hybridized carbons (Fsp3) is 0.500. The van der Waals surface area contributed by atoms with Gasteiger partial charge in [-0.15, -0.1) is 11.8 Å². The first kappa shape index (κ1) is 17.8. The maximum atomic E-state index is 12.5. The molecule has 3 rings (SSSR count). The number of aryl methyl sites for hydroxylation is 1. The van der Waals surface area contributed by atoms with Gasteiger partial charge in [-0.2, -0.15) is 4.98 Å². The van der Waals surface area contributed by atoms with Crippen LogP contribution in [0, 0.1) is 6.92 Å². The lowest BCUT2D eigenvalue weighted by Crippen LogP contribution is -2.45. The number of aromatic nitrogens is 2. The zero-order chi connectivity index (χ0) is 17.7. The lowest BCUT2D eigenvalue weighted by Gasteiger charge is -2.26. The van der Waals surface area contributed by atoms with Crippen LogP contribution in [0.3, 0.4) is 0 Å². The maximum absolute atomic E-state index is 12.5. The first-order chi connectivity index (χ1) is 12.1. The third-order valence-electron chi connectivity index (χ3n) is 4.30. The number of carbonyl (C=O) groups excluding carboxylic acids is 1. The average Bonchev–Trinajstić information content (AvgIpc) is 3.24. The van der Waals surface area contributed by atoms with E-state index in [0.29, 0.717) is 24.1 Å². The lowest BCUT2D eigenvalue weighted by atomic mass is 9.96. The summed E-state index contributed by atoms with van der Waals surface area (Å²) in [6.45, 7) is 4.37. The van der Waals surface area contributed by atoms with Gasteiger partial charge in [0, 0.05) is 11.8 Å². The van der Waals surface area contributed by atoms with Gasteiger partial charge >= 0.3 is 0 Å². The summed E-state index contributed by atoms with van der Waals surface area (Å²) in [6, 6.07) is 7.78. The Morgan fingerprint density at radius 1 is 1.32 bits per heavy atom. The van der Waals surface area contributed by atoms with Crippen molar-refractivity contribution >= 4 is 17.7 Å². The third kappa shape index (κ3) is 4.34.